The molecule has 0 radical (unpaired) electrons. The zero-order valence-electron chi connectivity index (χ0n) is 19.8. The largest absolute Gasteiger partial charge is 0.493 e. The zero-order valence-corrected chi connectivity index (χ0v) is 20.6. The minimum absolute atomic E-state index is 0.150. The third-order valence-corrected chi connectivity index (χ3v) is 5.90. The van der Waals surface area contributed by atoms with Crippen molar-refractivity contribution in [3.63, 3.8) is 0 Å². The number of nitrogens with zero attached hydrogens (tertiary/aromatic N) is 1. The Labute approximate surface area is 207 Å². The van der Waals surface area contributed by atoms with Gasteiger partial charge in [0.1, 0.15) is 6.04 Å². The molecule has 1 N–H and O–H groups in total. The lowest BCUT2D eigenvalue weighted by molar-refractivity contribution is -0.150. The van der Waals surface area contributed by atoms with Crippen molar-refractivity contribution in [2.75, 3.05) is 25.6 Å². The number of ether oxygens (including phenoxy) is 3. The van der Waals surface area contributed by atoms with Crippen molar-refractivity contribution in [3.05, 3.63) is 58.5 Å². The fraction of sp³-hybridized carbons (Fsp3) is 0.280. The summed E-state index contributed by atoms with van der Waals surface area (Å²) in [5.74, 6) is -0.864. The highest BCUT2D eigenvalue weighted by atomic mass is 32.2. The Kier molecular flexibility index (Phi) is 8.53. The number of carbonyl (C=O) groups excluding carboxylic acids is 4. The number of aryl methyl sites for hydroxylation is 1. The van der Waals surface area contributed by atoms with E-state index in [-0.39, 0.29) is 24.0 Å². The van der Waals surface area contributed by atoms with Crippen LogP contribution < -0.4 is 14.8 Å². The van der Waals surface area contributed by atoms with Gasteiger partial charge in [0.25, 0.3) is 17.1 Å². The molecule has 1 aliphatic rings. The number of esters is 1. The molecule has 1 saturated heterocycles. The lowest BCUT2D eigenvalue weighted by Crippen LogP contribution is -2.42. The number of amides is 3. The third kappa shape index (κ3) is 6.42. The number of anilines is 1. The molecule has 2 aromatic rings. The maximum atomic E-state index is 12.7. The lowest BCUT2D eigenvalue weighted by atomic mass is 10.1. The van der Waals surface area contributed by atoms with Crippen LogP contribution in [0.15, 0.2) is 47.4 Å². The average Bonchev–Trinajstić information content (AvgIpc) is 3.11. The number of hydrogen-bond donors (Lipinski definition) is 1. The maximum Gasteiger partial charge on any atom is 0.329 e. The maximum absolute atomic E-state index is 12.7. The molecule has 184 valence electrons. The van der Waals surface area contributed by atoms with Gasteiger partial charge in [0.2, 0.25) is 0 Å². The monoisotopic (exact) mass is 498 g/mol. The summed E-state index contributed by atoms with van der Waals surface area (Å²) >= 11 is 0.740. The molecule has 3 amide bonds. The molecule has 1 fully saturated rings. The first-order valence-corrected chi connectivity index (χ1v) is 11.7. The van der Waals surface area contributed by atoms with Crippen LogP contribution >= 0.6 is 11.8 Å². The van der Waals surface area contributed by atoms with Gasteiger partial charge in [-0.3, -0.25) is 19.3 Å². The Balaban J connectivity index is 1.68. The number of carbonyl (C=O) groups is 4. The van der Waals surface area contributed by atoms with Crippen molar-refractivity contribution in [2.24, 2.45) is 0 Å². The highest BCUT2D eigenvalue weighted by Gasteiger charge is 2.41. The van der Waals surface area contributed by atoms with Crippen molar-refractivity contribution < 1.29 is 33.4 Å². The molecule has 0 aromatic heterocycles. The summed E-state index contributed by atoms with van der Waals surface area (Å²) in [6.07, 6.45) is 1.53. The molecular formula is C25H26N2O7S. The molecule has 3 rings (SSSR count). The minimum atomic E-state index is -1.02. The quantitative estimate of drug-likeness (QED) is 0.408. The summed E-state index contributed by atoms with van der Waals surface area (Å²) in [6.45, 7) is 4.97. The second kappa shape index (κ2) is 11.6. The highest BCUT2D eigenvalue weighted by molar-refractivity contribution is 8.18. The number of thioether (sulfide) groups is 1. The van der Waals surface area contributed by atoms with Crippen LogP contribution in [-0.2, 0) is 19.1 Å². The summed E-state index contributed by atoms with van der Waals surface area (Å²) in [5, 5.41) is 2.20. The van der Waals surface area contributed by atoms with Crippen LogP contribution in [0.2, 0.25) is 0 Å². The molecule has 1 heterocycles. The van der Waals surface area contributed by atoms with E-state index in [1.165, 1.54) is 20.1 Å². The molecule has 1 atom stereocenters. The van der Waals surface area contributed by atoms with Gasteiger partial charge in [-0.25, -0.2) is 4.79 Å². The second-order valence-corrected chi connectivity index (χ2v) is 8.59. The van der Waals surface area contributed by atoms with E-state index in [9.17, 15) is 19.2 Å². The van der Waals surface area contributed by atoms with Crippen molar-refractivity contribution in [2.45, 2.75) is 26.8 Å². The van der Waals surface area contributed by atoms with E-state index in [2.05, 4.69) is 5.32 Å². The molecule has 1 unspecified atom stereocenters. The highest BCUT2D eigenvalue weighted by Crippen LogP contribution is 2.35. The number of nitrogens with one attached hydrogen (secondary N) is 1. The number of benzene rings is 2. The summed E-state index contributed by atoms with van der Waals surface area (Å²) in [5.41, 5.74) is 2.33. The minimum Gasteiger partial charge on any atom is -0.493 e. The van der Waals surface area contributed by atoms with Gasteiger partial charge in [-0.05, 0) is 68.4 Å². The van der Waals surface area contributed by atoms with Crippen molar-refractivity contribution in [1.29, 1.82) is 0 Å². The first-order valence-electron chi connectivity index (χ1n) is 10.8. The standard InChI is InChI=1S/C25H26N2O7S/c1-5-33-24(30)16(3)27-23(29)21(35-25(27)31)13-17-8-11-19(20(12-17)32-4)34-14-22(28)26-18-9-6-15(2)7-10-18/h6-13,16H,5,14H2,1-4H3,(H,26,28). The van der Waals surface area contributed by atoms with E-state index in [1.54, 1.807) is 37.3 Å². The van der Waals surface area contributed by atoms with Crippen molar-refractivity contribution in [3.8, 4) is 11.5 Å². The normalized spacial score (nSPS) is 15.2. The first kappa shape index (κ1) is 25.8. The van der Waals surface area contributed by atoms with E-state index < -0.39 is 23.2 Å². The topological polar surface area (TPSA) is 111 Å². The van der Waals surface area contributed by atoms with Gasteiger partial charge in [0.15, 0.2) is 18.1 Å². The molecule has 10 heteroatoms. The molecule has 0 aliphatic carbocycles. The van der Waals surface area contributed by atoms with Gasteiger partial charge in [-0.1, -0.05) is 23.8 Å². The Hall–Kier alpha value is -3.79. The van der Waals surface area contributed by atoms with Crippen molar-refractivity contribution >= 4 is 46.5 Å². The van der Waals surface area contributed by atoms with Crippen LogP contribution in [0, 0.1) is 6.92 Å². The summed E-state index contributed by atoms with van der Waals surface area (Å²) in [7, 11) is 1.45. The van der Waals surface area contributed by atoms with Crippen LogP contribution in [-0.4, -0.2) is 54.3 Å². The molecule has 0 bridgehead atoms. The summed E-state index contributed by atoms with van der Waals surface area (Å²) in [6, 6.07) is 11.3. The zero-order chi connectivity index (χ0) is 25.5. The predicted molar refractivity (Wildman–Crippen MR) is 132 cm³/mol. The van der Waals surface area contributed by atoms with Gasteiger partial charge in [-0.2, -0.15) is 0 Å². The van der Waals surface area contributed by atoms with E-state index in [4.69, 9.17) is 14.2 Å². The molecular weight excluding hydrogens is 472 g/mol. The molecule has 1 aliphatic heterocycles. The van der Waals surface area contributed by atoms with E-state index in [0.717, 1.165) is 22.2 Å². The molecule has 0 saturated carbocycles. The van der Waals surface area contributed by atoms with Gasteiger partial charge in [0, 0.05) is 5.69 Å². The lowest BCUT2D eigenvalue weighted by Gasteiger charge is -2.19. The average molecular weight is 499 g/mol. The van der Waals surface area contributed by atoms with E-state index in [1.807, 2.05) is 19.1 Å². The van der Waals surface area contributed by atoms with E-state index in [0.29, 0.717) is 22.7 Å². The van der Waals surface area contributed by atoms with E-state index >= 15 is 0 Å². The number of hydrogen-bond acceptors (Lipinski definition) is 8. The van der Waals surface area contributed by atoms with Gasteiger partial charge in [0.05, 0.1) is 18.6 Å². The fourth-order valence-electron chi connectivity index (χ4n) is 3.20. The third-order valence-electron chi connectivity index (χ3n) is 5.02. The smallest absolute Gasteiger partial charge is 0.329 e. The Bertz CT molecular complexity index is 1160. The van der Waals surface area contributed by atoms with Gasteiger partial charge in [-0.15, -0.1) is 0 Å². The molecule has 9 nitrogen and oxygen atoms in total. The van der Waals surface area contributed by atoms with Gasteiger partial charge >= 0.3 is 5.97 Å². The SMILES string of the molecule is CCOC(=O)C(C)N1C(=O)SC(=Cc2ccc(OCC(=O)Nc3ccc(C)cc3)c(OC)c2)C1=O. The number of methoxy groups -OCH3 is 1. The Morgan fingerprint density at radius 3 is 2.49 bits per heavy atom. The van der Waals surface area contributed by atoms with Crippen LogP contribution in [0.3, 0.4) is 0 Å². The Morgan fingerprint density at radius 2 is 1.83 bits per heavy atom. The molecule has 2 aromatic carbocycles. The second-order valence-electron chi connectivity index (χ2n) is 7.59. The Morgan fingerprint density at radius 1 is 1.11 bits per heavy atom. The van der Waals surface area contributed by atoms with Gasteiger partial charge < -0.3 is 19.5 Å². The number of imide groups is 1. The molecule has 0 spiro atoms. The number of rotatable bonds is 9. The fourth-order valence-corrected chi connectivity index (χ4v) is 4.11. The summed E-state index contributed by atoms with van der Waals surface area (Å²) < 4.78 is 15.9. The van der Waals surface area contributed by atoms with Crippen molar-refractivity contribution in [1.82, 2.24) is 4.90 Å². The summed E-state index contributed by atoms with van der Waals surface area (Å²) in [4.78, 5) is 50.3. The van der Waals surface area contributed by atoms with Crippen LogP contribution in [0.25, 0.3) is 6.08 Å². The predicted octanol–water partition coefficient (Wildman–Crippen LogP) is 4.01. The van der Waals surface area contributed by atoms with Crippen LogP contribution in [0.5, 0.6) is 11.5 Å². The first-order chi connectivity index (χ1) is 16.7. The van der Waals surface area contributed by atoms with Crippen LogP contribution in [0.1, 0.15) is 25.0 Å². The van der Waals surface area contributed by atoms with Crippen LogP contribution in [0.4, 0.5) is 10.5 Å². The molecule has 35 heavy (non-hydrogen) atoms.